The highest BCUT2D eigenvalue weighted by Crippen LogP contribution is 2.25. The molecule has 0 unspecified atom stereocenters. The summed E-state index contributed by atoms with van der Waals surface area (Å²) in [7, 11) is 0. The molecule has 7 aromatic carbocycles. The summed E-state index contributed by atoms with van der Waals surface area (Å²) in [5.41, 5.74) is 15.5. The van der Waals surface area contributed by atoms with E-state index in [1.165, 1.54) is 40.7 Å². The maximum Gasteiger partial charge on any atom is 0.251 e. The number of hydrogen-bond donors (Lipinski definition) is 12. The molecule has 13 N–H and O–H groups in total. The minimum Gasteiger partial charge on any atom is -0.398 e. The molecular formula is C82H97ClN12O17. The van der Waals surface area contributed by atoms with Crippen molar-refractivity contribution in [2.75, 3.05) is 71.6 Å². The highest BCUT2D eigenvalue weighted by atomic mass is 35.5. The Hall–Kier alpha value is -13.2. The number of aryl methyl sites for hydroxylation is 4. The molecule has 0 atom stereocenters. The van der Waals surface area contributed by atoms with Crippen LogP contribution in [0.25, 0.3) is 0 Å². The number of nitrogen functional groups attached to an aromatic ring is 1. The van der Waals surface area contributed by atoms with Gasteiger partial charge in [0.2, 0.25) is 61.1 Å². The van der Waals surface area contributed by atoms with Crippen LogP contribution in [0.5, 0.6) is 0 Å². The molecule has 0 heterocycles. The lowest BCUT2D eigenvalue weighted by Crippen LogP contribution is -2.26. The SMILES string of the molecule is CC(=O)NCCC(=O)c1cc(C)ccc1NC(C)=O.CC(=O)NCCC(=O)c1cc(C)ccc1NC=O.CC(=O)NCCC(=O)c1cc(Cl)ccc1NC=O.CC(=O)NCCC(=O)c1ccccc1N.CCC(=O)NCCC(=O)c1cc(C)ccc1NC=O.Cc1ccc(NC=O)c(C(=O)CCNC(=O)c2ccccc2)c1. The molecule has 0 aromatic heterocycles. The maximum absolute atomic E-state index is 12.3. The maximum atomic E-state index is 12.3. The highest BCUT2D eigenvalue weighted by molar-refractivity contribution is 6.31. The molecule has 30 heteroatoms. The lowest BCUT2D eigenvalue weighted by atomic mass is 10.0. The Balaban J connectivity index is 0.000000458. The van der Waals surface area contributed by atoms with Crippen molar-refractivity contribution in [1.82, 2.24) is 31.9 Å². The monoisotopic (exact) mass is 1560 g/mol. The average molecular weight is 1560 g/mol. The van der Waals surface area contributed by atoms with Crippen LogP contribution in [0.4, 0.5) is 34.1 Å². The first-order valence-electron chi connectivity index (χ1n) is 35.2. The Morgan fingerprint density at radius 3 is 0.938 bits per heavy atom. The van der Waals surface area contributed by atoms with E-state index in [1.54, 1.807) is 116 Å². The van der Waals surface area contributed by atoms with Gasteiger partial charge in [-0.05, 0) is 119 Å². The summed E-state index contributed by atoms with van der Waals surface area (Å²) in [6.45, 7) is 18.0. The van der Waals surface area contributed by atoms with E-state index in [9.17, 15) is 81.5 Å². The van der Waals surface area contributed by atoms with Crippen LogP contribution in [-0.4, -0.2) is 141 Å². The van der Waals surface area contributed by atoms with E-state index < -0.39 is 0 Å². The first-order valence-corrected chi connectivity index (χ1v) is 35.6. The highest BCUT2D eigenvalue weighted by Gasteiger charge is 2.18. The number of anilines is 6. The molecular weight excluding hydrogens is 1460 g/mol. The minimum atomic E-state index is -0.222. The van der Waals surface area contributed by atoms with Gasteiger partial charge in [-0.2, -0.15) is 0 Å². The topological polar surface area (TPSA) is 449 Å². The molecule has 112 heavy (non-hydrogen) atoms. The minimum absolute atomic E-state index is 0.0538. The molecule has 0 saturated heterocycles. The lowest BCUT2D eigenvalue weighted by Gasteiger charge is -2.10. The number of benzene rings is 7. The fourth-order valence-corrected chi connectivity index (χ4v) is 9.92. The smallest absolute Gasteiger partial charge is 0.251 e. The fourth-order valence-electron chi connectivity index (χ4n) is 9.75. The van der Waals surface area contributed by atoms with Gasteiger partial charge in [-0.25, -0.2) is 0 Å². The van der Waals surface area contributed by atoms with Gasteiger partial charge < -0.3 is 64.2 Å². The summed E-state index contributed by atoms with van der Waals surface area (Å²) in [6, 6.07) is 41.4. The van der Waals surface area contributed by atoms with Crippen LogP contribution >= 0.6 is 11.6 Å². The van der Waals surface area contributed by atoms with E-state index in [-0.39, 0.29) is 128 Å². The van der Waals surface area contributed by atoms with Crippen molar-refractivity contribution in [3.8, 4) is 0 Å². The van der Waals surface area contributed by atoms with Gasteiger partial charge in [-0.1, -0.05) is 95.4 Å². The van der Waals surface area contributed by atoms with E-state index >= 15 is 0 Å². The zero-order valence-electron chi connectivity index (χ0n) is 64.3. The third kappa shape index (κ3) is 38.1. The number of Topliss-reactive ketones (excluding diaryl/α,β-unsaturated/α-hetero) is 6. The summed E-state index contributed by atoms with van der Waals surface area (Å²) in [4.78, 5) is 191. The molecule has 11 amide bonds. The third-order valence-electron chi connectivity index (χ3n) is 15.2. The Morgan fingerprint density at radius 2 is 0.616 bits per heavy atom. The molecule has 7 aromatic rings. The van der Waals surface area contributed by atoms with Crippen LogP contribution in [0.3, 0.4) is 0 Å². The summed E-state index contributed by atoms with van der Waals surface area (Å²) in [6.07, 6.45) is 3.71. The molecule has 0 saturated carbocycles. The number of halogens is 1. The molecule has 0 radical (unpaired) electrons. The van der Waals surface area contributed by atoms with E-state index in [1.807, 2.05) is 58.0 Å². The average Bonchev–Trinajstić information content (AvgIpc) is 0.862. The molecule has 7 rings (SSSR count). The van der Waals surface area contributed by atoms with Crippen molar-refractivity contribution >= 4 is 147 Å². The summed E-state index contributed by atoms with van der Waals surface area (Å²) in [5.74, 6) is -1.90. The second-order valence-electron chi connectivity index (χ2n) is 24.5. The van der Waals surface area contributed by atoms with Gasteiger partial charge in [0.05, 0.1) is 28.4 Å². The number of nitrogens with one attached hydrogen (secondary N) is 11. The van der Waals surface area contributed by atoms with Gasteiger partial charge in [0, 0.05) is 168 Å². The van der Waals surface area contributed by atoms with Gasteiger partial charge >= 0.3 is 0 Å². The van der Waals surface area contributed by atoms with Crippen molar-refractivity contribution < 1.29 is 81.5 Å². The van der Waals surface area contributed by atoms with Crippen molar-refractivity contribution in [2.24, 2.45) is 0 Å². The first kappa shape index (κ1) is 94.9. The van der Waals surface area contributed by atoms with E-state index in [2.05, 4.69) is 58.5 Å². The van der Waals surface area contributed by atoms with Crippen molar-refractivity contribution in [3.05, 3.63) is 212 Å². The number of para-hydroxylation sites is 1. The predicted molar refractivity (Wildman–Crippen MR) is 431 cm³/mol. The molecule has 594 valence electrons. The van der Waals surface area contributed by atoms with Gasteiger partial charge in [-0.15, -0.1) is 0 Å². The van der Waals surface area contributed by atoms with Crippen molar-refractivity contribution in [3.63, 3.8) is 0 Å². The Morgan fingerprint density at radius 1 is 0.330 bits per heavy atom. The van der Waals surface area contributed by atoms with E-state index in [4.69, 9.17) is 17.3 Å². The fraction of sp³-hybridized carbons (Fsp3) is 0.280. The van der Waals surface area contributed by atoms with Crippen LogP contribution in [-0.2, 0) is 47.9 Å². The van der Waals surface area contributed by atoms with Crippen molar-refractivity contribution in [2.45, 2.75) is 114 Å². The Labute approximate surface area is 655 Å². The number of carbonyl (C=O) groups excluding carboxylic acids is 17. The van der Waals surface area contributed by atoms with E-state index in [0.717, 1.165) is 22.3 Å². The first-order chi connectivity index (χ1) is 53.3. The molecule has 0 aliphatic carbocycles. The zero-order chi connectivity index (χ0) is 83.7. The molecule has 29 nitrogen and oxygen atoms in total. The Bertz CT molecular complexity index is 4370. The van der Waals surface area contributed by atoms with Crippen LogP contribution in [0.1, 0.15) is 181 Å². The number of hydrogen-bond acceptors (Lipinski definition) is 18. The number of ketones is 6. The predicted octanol–water partition coefficient (Wildman–Crippen LogP) is 9.76. The number of amides is 11. The van der Waals surface area contributed by atoms with Crippen LogP contribution in [0.15, 0.2) is 146 Å². The zero-order valence-corrected chi connectivity index (χ0v) is 65.0. The molecule has 0 bridgehead atoms. The van der Waals surface area contributed by atoms with Crippen LogP contribution in [0, 0.1) is 27.7 Å². The molecule has 0 spiro atoms. The number of nitrogens with two attached hydrogens (primary N) is 1. The van der Waals surface area contributed by atoms with Gasteiger partial charge in [0.1, 0.15) is 0 Å². The quantitative estimate of drug-likeness (QED) is 0.00998. The van der Waals surface area contributed by atoms with Gasteiger partial charge in [0.15, 0.2) is 34.7 Å². The molecule has 0 aliphatic heterocycles. The van der Waals surface area contributed by atoms with Gasteiger partial charge in [-0.3, -0.25) is 81.5 Å². The number of carbonyl (C=O) groups is 17. The number of rotatable bonds is 35. The van der Waals surface area contributed by atoms with Crippen LogP contribution in [0.2, 0.25) is 5.02 Å². The van der Waals surface area contributed by atoms with Crippen LogP contribution < -0.4 is 64.2 Å². The summed E-state index contributed by atoms with van der Waals surface area (Å²) < 4.78 is 0. The normalized spacial score (nSPS) is 9.78. The lowest BCUT2D eigenvalue weighted by molar-refractivity contribution is -0.121. The second-order valence-corrected chi connectivity index (χ2v) is 24.9. The molecule has 0 aliphatic rings. The van der Waals surface area contributed by atoms with Crippen molar-refractivity contribution in [1.29, 1.82) is 0 Å². The Kier molecular flexibility index (Phi) is 44.7. The summed E-state index contributed by atoms with van der Waals surface area (Å²) in [5, 5.41) is 28.6. The summed E-state index contributed by atoms with van der Waals surface area (Å²) >= 11 is 5.81. The third-order valence-corrected chi connectivity index (χ3v) is 15.4. The van der Waals surface area contributed by atoms with E-state index in [0.29, 0.717) is 136 Å². The second kappa shape index (κ2) is 52.8. The van der Waals surface area contributed by atoms with Gasteiger partial charge in [0.25, 0.3) is 5.91 Å². The standard InChI is InChI=1S/C18H18N2O3.2C14H18N2O3.C13H16N2O3.C12H13ClN2O3.C11H14N2O2/c1-13-7-8-16(20-12-21)15(11-13)17(22)9-10-19-18(23)14-5-3-2-4-6-14;1-9-4-5-13(16-11(3)18)12(8-9)14(19)6-7-15-10(2)17;1-3-14(19)15-7-6-13(18)11-8-10(2)4-5-12(11)16-9-17;1-9-3-4-12(15-8-16)11(7-9)13(18)5-6-14-10(2)17;1-8(17)14-5-4-12(18)10-6-9(13)2-3-11(10)15-7-16;1-8(14)13-7-6-11(15)9-4-2-3-5-10(9)12/h2-8,11-12H,9-10H2,1H3,(H,19,23)(H,20,21);4-5,8H,6-7H2,1-3H3,(H,15,17)(H,16,18);4-5,8-9H,3,6-7H2,1-2H3,(H,15,19)(H,16,17);3-4,7-8H,5-6H2,1-2H3,(H,14,17)(H,15,16);2-3,6-7H,4-5H2,1H3,(H,14,17)(H,15,16);2-5H,6-7,12H2,1H3,(H,13,14). The largest absolute Gasteiger partial charge is 0.398 e. The molecule has 0 fully saturated rings.